The summed E-state index contributed by atoms with van der Waals surface area (Å²) in [5.74, 6) is -1.03. The Labute approximate surface area is 65.9 Å². The van der Waals surface area contributed by atoms with Crippen LogP contribution in [0.3, 0.4) is 0 Å². The highest BCUT2D eigenvalue weighted by Crippen LogP contribution is 1.79. The summed E-state index contributed by atoms with van der Waals surface area (Å²) in [4.78, 5) is 20.6. The van der Waals surface area contributed by atoms with Crippen LogP contribution in [0.15, 0.2) is 0 Å². The van der Waals surface area contributed by atoms with E-state index in [9.17, 15) is 9.59 Å². The van der Waals surface area contributed by atoms with Crippen LogP contribution in [0.2, 0.25) is 0 Å². The number of carbonyl (C=O) groups excluding carboxylic acids is 2. The molecule has 0 fully saturated rings. The van der Waals surface area contributed by atoms with Gasteiger partial charge in [-0.2, -0.15) is 0 Å². The molecule has 0 aromatic heterocycles. The molecule has 0 heterocycles. The Hall–Kier alpha value is -0.0900. The SMILES string of the molecule is O=C(CCl)NC(=O)CBr. The molecule has 0 atom stereocenters. The second-order valence-corrected chi connectivity index (χ2v) is 2.07. The summed E-state index contributed by atoms with van der Waals surface area (Å²) in [6, 6.07) is 0. The summed E-state index contributed by atoms with van der Waals surface area (Å²) >= 11 is 7.94. The van der Waals surface area contributed by atoms with Crippen LogP contribution in [0.4, 0.5) is 0 Å². The van der Waals surface area contributed by atoms with Crippen molar-refractivity contribution >= 4 is 39.3 Å². The van der Waals surface area contributed by atoms with Gasteiger partial charge in [0.2, 0.25) is 11.8 Å². The fourth-order valence-corrected chi connectivity index (χ4v) is 0.429. The van der Waals surface area contributed by atoms with Gasteiger partial charge >= 0.3 is 0 Å². The van der Waals surface area contributed by atoms with Crippen LogP contribution in [0.1, 0.15) is 0 Å². The van der Waals surface area contributed by atoms with Gasteiger partial charge in [-0.1, -0.05) is 15.9 Å². The Kier molecular flexibility index (Phi) is 4.71. The number of imide groups is 1. The normalized spacial score (nSPS) is 8.67. The number of rotatable bonds is 2. The molecule has 2 amide bonds. The molecule has 9 heavy (non-hydrogen) atoms. The third-order valence-corrected chi connectivity index (χ3v) is 1.27. The third kappa shape index (κ3) is 4.42. The minimum atomic E-state index is -0.471. The Morgan fingerprint density at radius 3 is 2.33 bits per heavy atom. The van der Waals surface area contributed by atoms with Gasteiger partial charge in [-0.15, -0.1) is 11.6 Å². The zero-order valence-corrected chi connectivity index (χ0v) is 6.83. The zero-order valence-electron chi connectivity index (χ0n) is 4.49. The Balaban J connectivity index is 3.47. The van der Waals surface area contributed by atoms with Crippen LogP contribution in [0.25, 0.3) is 0 Å². The maximum Gasteiger partial charge on any atom is 0.241 e. The lowest BCUT2D eigenvalue weighted by Gasteiger charge is -1.94. The van der Waals surface area contributed by atoms with E-state index in [0.717, 1.165) is 0 Å². The fraction of sp³-hybridized carbons (Fsp3) is 0.500. The van der Waals surface area contributed by atoms with Crippen LogP contribution in [-0.4, -0.2) is 23.0 Å². The first-order chi connectivity index (χ1) is 4.20. The minimum absolute atomic E-state index is 0.121. The molecule has 5 heteroatoms. The molecule has 0 unspecified atom stereocenters. The monoisotopic (exact) mass is 213 g/mol. The number of hydrogen-bond acceptors (Lipinski definition) is 2. The highest BCUT2D eigenvalue weighted by molar-refractivity contribution is 9.09. The van der Waals surface area contributed by atoms with Crippen molar-refractivity contribution in [2.75, 3.05) is 11.2 Å². The Morgan fingerprint density at radius 2 is 2.00 bits per heavy atom. The molecule has 0 bridgehead atoms. The topological polar surface area (TPSA) is 46.2 Å². The van der Waals surface area contributed by atoms with Gasteiger partial charge < -0.3 is 0 Å². The molecule has 0 radical (unpaired) electrons. The second kappa shape index (κ2) is 4.76. The van der Waals surface area contributed by atoms with Gasteiger partial charge in [0.05, 0.1) is 5.33 Å². The predicted molar refractivity (Wildman–Crippen MR) is 37.7 cm³/mol. The molecule has 3 nitrogen and oxygen atoms in total. The lowest BCUT2D eigenvalue weighted by molar-refractivity contribution is -0.127. The van der Waals surface area contributed by atoms with Crippen molar-refractivity contribution in [2.24, 2.45) is 0 Å². The Morgan fingerprint density at radius 1 is 1.44 bits per heavy atom. The van der Waals surface area contributed by atoms with E-state index in [1.54, 1.807) is 0 Å². The molecular weight excluding hydrogens is 209 g/mol. The molecule has 0 spiro atoms. The van der Waals surface area contributed by atoms with Crippen LogP contribution >= 0.6 is 27.5 Å². The van der Waals surface area contributed by atoms with Gasteiger partial charge in [0.1, 0.15) is 5.88 Å². The van der Waals surface area contributed by atoms with Crippen molar-refractivity contribution in [1.29, 1.82) is 0 Å². The number of halogens is 2. The molecule has 0 rings (SSSR count). The number of carbonyl (C=O) groups is 2. The first-order valence-corrected chi connectivity index (χ1v) is 3.81. The van der Waals surface area contributed by atoms with E-state index in [1.165, 1.54) is 0 Å². The molecule has 0 saturated carbocycles. The number of hydrogen-bond donors (Lipinski definition) is 1. The summed E-state index contributed by atoms with van der Waals surface area (Å²) in [5, 5.41) is 2.14. The van der Waals surface area contributed by atoms with E-state index in [-0.39, 0.29) is 17.1 Å². The van der Waals surface area contributed by atoms with Crippen molar-refractivity contribution in [1.82, 2.24) is 5.32 Å². The summed E-state index contributed by atoms with van der Waals surface area (Å²) in [6.07, 6.45) is 0. The van der Waals surface area contributed by atoms with Crippen molar-refractivity contribution in [3.05, 3.63) is 0 Å². The van der Waals surface area contributed by atoms with Gasteiger partial charge in [0.25, 0.3) is 0 Å². The number of alkyl halides is 2. The van der Waals surface area contributed by atoms with Crippen LogP contribution < -0.4 is 5.32 Å². The predicted octanol–water partition coefficient (Wildman–Crippen LogP) is 0.263. The molecule has 0 aliphatic carbocycles. The van der Waals surface area contributed by atoms with Gasteiger partial charge in [0.15, 0.2) is 0 Å². The number of amides is 2. The Bertz CT molecular complexity index is 114. The average Bonchev–Trinajstić information content (AvgIpc) is 1.87. The quantitative estimate of drug-likeness (QED) is 0.671. The summed E-state index contributed by atoms with van der Waals surface area (Å²) in [7, 11) is 0. The maximum atomic E-state index is 10.3. The van der Waals surface area contributed by atoms with E-state index in [1.807, 2.05) is 5.32 Å². The first-order valence-electron chi connectivity index (χ1n) is 2.15. The molecule has 0 aliphatic heterocycles. The van der Waals surface area contributed by atoms with Gasteiger partial charge in [-0.3, -0.25) is 14.9 Å². The van der Waals surface area contributed by atoms with Crippen molar-refractivity contribution in [3.8, 4) is 0 Å². The first kappa shape index (κ1) is 8.91. The smallest absolute Gasteiger partial charge is 0.241 e. The van der Waals surface area contributed by atoms with Crippen LogP contribution in [0, 0.1) is 0 Å². The van der Waals surface area contributed by atoms with Crippen molar-refractivity contribution in [3.63, 3.8) is 0 Å². The summed E-state index contributed by atoms with van der Waals surface area (Å²) in [5.41, 5.74) is 0. The molecule has 0 saturated heterocycles. The highest BCUT2D eigenvalue weighted by Gasteiger charge is 2.02. The molecule has 0 aromatic rings. The highest BCUT2D eigenvalue weighted by atomic mass is 79.9. The summed E-state index contributed by atoms with van der Waals surface area (Å²) < 4.78 is 0. The molecule has 0 aliphatic rings. The zero-order chi connectivity index (χ0) is 7.28. The van der Waals surface area contributed by atoms with E-state index < -0.39 is 5.91 Å². The summed E-state index contributed by atoms with van der Waals surface area (Å²) in [6.45, 7) is 0. The van der Waals surface area contributed by atoms with Crippen LogP contribution in [-0.2, 0) is 9.59 Å². The minimum Gasteiger partial charge on any atom is -0.295 e. The van der Waals surface area contributed by atoms with E-state index in [4.69, 9.17) is 11.6 Å². The fourth-order valence-electron chi connectivity index (χ4n) is 0.222. The standard InChI is InChI=1S/C4H5BrClNO2/c5-1-3(8)7-4(9)2-6/h1-2H2,(H,7,8,9). The molecule has 1 N–H and O–H groups in total. The van der Waals surface area contributed by atoms with Crippen LogP contribution in [0.5, 0.6) is 0 Å². The number of nitrogens with one attached hydrogen (secondary N) is 1. The van der Waals surface area contributed by atoms with Gasteiger partial charge in [0, 0.05) is 0 Å². The lowest BCUT2D eigenvalue weighted by atomic mass is 10.6. The second-order valence-electron chi connectivity index (χ2n) is 1.24. The third-order valence-electron chi connectivity index (χ3n) is 0.522. The molecular formula is C4H5BrClNO2. The lowest BCUT2D eigenvalue weighted by Crippen LogP contribution is -2.31. The molecule has 52 valence electrons. The van der Waals surface area contributed by atoms with Gasteiger partial charge in [-0.05, 0) is 0 Å². The van der Waals surface area contributed by atoms with E-state index in [2.05, 4.69) is 15.9 Å². The van der Waals surface area contributed by atoms with Crippen molar-refractivity contribution < 1.29 is 9.59 Å². The van der Waals surface area contributed by atoms with Crippen molar-refractivity contribution in [2.45, 2.75) is 0 Å². The van der Waals surface area contributed by atoms with E-state index in [0.29, 0.717) is 0 Å². The molecule has 0 aromatic carbocycles. The largest absolute Gasteiger partial charge is 0.295 e. The average molecular weight is 214 g/mol. The maximum absolute atomic E-state index is 10.3. The van der Waals surface area contributed by atoms with Gasteiger partial charge in [-0.25, -0.2) is 0 Å². The van der Waals surface area contributed by atoms with E-state index >= 15 is 0 Å².